The van der Waals surface area contributed by atoms with Gasteiger partial charge in [-0.05, 0) is 56.7 Å². The number of hydrogen-bond acceptors (Lipinski definition) is 9. The Kier molecular flexibility index (Phi) is 10.5. The average molecular weight is 643 g/mol. The van der Waals surface area contributed by atoms with Gasteiger partial charge in [0.1, 0.15) is 5.69 Å². The van der Waals surface area contributed by atoms with Crippen LogP contribution in [-0.2, 0) is 21.4 Å². The van der Waals surface area contributed by atoms with Gasteiger partial charge in [0.2, 0.25) is 10.0 Å². The molecule has 4 N–H and O–H groups in total. The van der Waals surface area contributed by atoms with Gasteiger partial charge in [0.05, 0.1) is 35.0 Å². The maximum absolute atomic E-state index is 13.4. The molecule has 15 heteroatoms. The molecule has 3 aromatic heterocycles. The number of hydrogen-bond donors (Lipinski definition) is 4. The third-order valence-corrected chi connectivity index (χ3v) is 8.02. The highest BCUT2D eigenvalue weighted by Crippen LogP contribution is 2.33. The van der Waals surface area contributed by atoms with E-state index in [1.807, 2.05) is 18.2 Å². The number of benzene rings is 1. The molecule has 0 radical (unpaired) electrons. The molecular formula is C29H35ClN8O5S. The summed E-state index contributed by atoms with van der Waals surface area (Å²) in [7, 11) is -3.56. The van der Waals surface area contributed by atoms with Crippen molar-refractivity contribution in [3.63, 3.8) is 0 Å². The van der Waals surface area contributed by atoms with Crippen LogP contribution in [0.3, 0.4) is 0 Å². The molecule has 4 heterocycles. The fourth-order valence-corrected chi connectivity index (χ4v) is 6.03. The van der Waals surface area contributed by atoms with Crippen LogP contribution in [0.15, 0.2) is 48.8 Å². The van der Waals surface area contributed by atoms with Crippen LogP contribution >= 0.6 is 11.6 Å². The van der Waals surface area contributed by atoms with Crippen LogP contribution < -0.4 is 10.0 Å². The maximum Gasteiger partial charge on any atom is 0.290 e. The second-order valence-corrected chi connectivity index (χ2v) is 12.9. The number of nitrogens with one attached hydrogen (secondary N) is 3. The minimum absolute atomic E-state index is 0.0255. The summed E-state index contributed by atoms with van der Waals surface area (Å²) in [5, 5.41) is 17.7. The smallest absolute Gasteiger partial charge is 0.290 e. The molecule has 0 bridgehead atoms. The maximum atomic E-state index is 13.4. The molecule has 5 rings (SSSR count). The van der Waals surface area contributed by atoms with Gasteiger partial charge in [-0.2, -0.15) is 5.10 Å². The Balaban J connectivity index is 0.00000141. The largest absolute Gasteiger partial charge is 0.483 e. The Bertz CT molecular complexity index is 1750. The van der Waals surface area contributed by atoms with Crippen LogP contribution in [0.25, 0.3) is 22.0 Å². The van der Waals surface area contributed by atoms with Crippen molar-refractivity contribution < 1.29 is 23.1 Å². The minimum Gasteiger partial charge on any atom is -0.483 e. The number of fused-ring (bicyclic) bond motifs is 1. The number of nitrogens with zero attached hydrogens (tertiary/aromatic N) is 5. The zero-order valence-corrected chi connectivity index (χ0v) is 26.4. The van der Waals surface area contributed by atoms with Crippen molar-refractivity contribution in [1.29, 1.82) is 0 Å². The lowest BCUT2D eigenvalue weighted by atomic mass is 10.0. The third kappa shape index (κ3) is 8.29. The van der Waals surface area contributed by atoms with E-state index in [0.29, 0.717) is 52.0 Å². The number of carbonyl (C=O) groups is 2. The second-order valence-electron chi connectivity index (χ2n) is 10.8. The van der Waals surface area contributed by atoms with E-state index < -0.39 is 10.0 Å². The first-order chi connectivity index (χ1) is 20.9. The molecule has 1 fully saturated rings. The van der Waals surface area contributed by atoms with Crippen LogP contribution in [0.2, 0.25) is 5.15 Å². The summed E-state index contributed by atoms with van der Waals surface area (Å²) in [6.45, 7) is 10.0. The van der Waals surface area contributed by atoms with E-state index in [-0.39, 0.29) is 23.2 Å². The molecule has 1 amide bonds. The monoisotopic (exact) mass is 642 g/mol. The molecule has 44 heavy (non-hydrogen) atoms. The van der Waals surface area contributed by atoms with Crippen LogP contribution in [-0.4, -0.2) is 93.8 Å². The predicted octanol–water partition coefficient (Wildman–Crippen LogP) is 3.91. The van der Waals surface area contributed by atoms with E-state index in [2.05, 4.69) is 60.8 Å². The van der Waals surface area contributed by atoms with Gasteiger partial charge in [-0.25, -0.2) is 18.4 Å². The first kappa shape index (κ1) is 32.8. The molecule has 4 aromatic rings. The summed E-state index contributed by atoms with van der Waals surface area (Å²) in [6, 6.07) is 11.7. The Labute approximate surface area is 260 Å². The number of halogens is 1. The summed E-state index contributed by atoms with van der Waals surface area (Å²) < 4.78 is 25.9. The van der Waals surface area contributed by atoms with E-state index >= 15 is 0 Å². The van der Waals surface area contributed by atoms with Crippen molar-refractivity contribution in [2.45, 2.75) is 39.4 Å². The van der Waals surface area contributed by atoms with Gasteiger partial charge in [-0.3, -0.25) is 29.2 Å². The van der Waals surface area contributed by atoms with Gasteiger partial charge in [0.15, 0.2) is 5.15 Å². The summed E-state index contributed by atoms with van der Waals surface area (Å²) in [5.74, 6) is -0.349. The highest BCUT2D eigenvalue weighted by atomic mass is 35.5. The first-order valence-corrected chi connectivity index (χ1v) is 16.1. The van der Waals surface area contributed by atoms with Gasteiger partial charge in [-0.15, -0.1) is 0 Å². The lowest BCUT2D eigenvalue weighted by Crippen LogP contribution is -2.53. The van der Waals surface area contributed by atoms with E-state index in [1.165, 1.54) is 6.20 Å². The third-order valence-electron chi connectivity index (χ3n) is 7.13. The van der Waals surface area contributed by atoms with Crippen molar-refractivity contribution in [1.82, 2.24) is 30.0 Å². The van der Waals surface area contributed by atoms with Gasteiger partial charge in [0, 0.05) is 55.4 Å². The van der Waals surface area contributed by atoms with Crippen molar-refractivity contribution >= 4 is 56.3 Å². The van der Waals surface area contributed by atoms with Crippen LogP contribution in [0, 0.1) is 0 Å². The number of H-pyrrole nitrogens is 1. The number of aromatic amines is 1. The van der Waals surface area contributed by atoms with E-state index in [1.54, 1.807) is 24.4 Å². The zero-order valence-electron chi connectivity index (χ0n) is 24.8. The molecule has 1 aromatic carbocycles. The quantitative estimate of drug-likeness (QED) is 0.163. The molecule has 234 valence electrons. The number of rotatable bonds is 8. The normalized spacial score (nSPS) is 15.9. The number of sulfonamides is 1. The molecule has 1 unspecified atom stereocenters. The molecule has 1 aliphatic heterocycles. The van der Waals surface area contributed by atoms with Crippen LogP contribution in [0.4, 0.5) is 11.4 Å². The Morgan fingerprint density at radius 2 is 1.91 bits per heavy atom. The topological polar surface area (TPSA) is 174 Å². The standard InChI is InChI=1S/C28H33ClN8O3S.CH2O2/c1-17(2)37-9-8-36(15-18(37)3)16-21-6-5-7-23(32-21)28(38)33-24-10-19(11-25-22(24)14-31-34-25)20-12-26(27(29)30-13-20)35-41(4,39)40;2-1-3/h5-7,10-14,17-18,35H,8-9,15-16H2,1-4H3,(H,31,34)(H,33,38);1H,(H,2,3). The van der Waals surface area contributed by atoms with E-state index in [4.69, 9.17) is 21.5 Å². The summed E-state index contributed by atoms with van der Waals surface area (Å²) >= 11 is 6.11. The highest BCUT2D eigenvalue weighted by Gasteiger charge is 2.25. The number of carboxylic acid groups (broad SMARTS) is 1. The van der Waals surface area contributed by atoms with Crippen molar-refractivity contribution in [3.05, 3.63) is 65.3 Å². The molecule has 0 saturated carbocycles. The van der Waals surface area contributed by atoms with Gasteiger partial charge in [-0.1, -0.05) is 17.7 Å². The van der Waals surface area contributed by atoms with E-state index in [0.717, 1.165) is 31.6 Å². The fourth-order valence-electron chi connectivity index (χ4n) is 5.27. The molecule has 1 atom stereocenters. The molecule has 13 nitrogen and oxygen atoms in total. The molecule has 1 aliphatic rings. The summed E-state index contributed by atoms with van der Waals surface area (Å²) in [5.41, 5.74) is 3.78. The van der Waals surface area contributed by atoms with Gasteiger partial charge in [0.25, 0.3) is 12.4 Å². The number of pyridine rings is 2. The number of piperazine rings is 1. The van der Waals surface area contributed by atoms with Crippen molar-refractivity contribution in [2.75, 3.05) is 35.9 Å². The van der Waals surface area contributed by atoms with Crippen LogP contribution in [0.1, 0.15) is 37.0 Å². The summed E-state index contributed by atoms with van der Waals surface area (Å²) in [4.78, 5) is 35.4. The summed E-state index contributed by atoms with van der Waals surface area (Å²) in [6.07, 6.45) is 4.20. The number of aromatic nitrogens is 4. The van der Waals surface area contributed by atoms with Crippen molar-refractivity contribution in [3.8, 4) is 11.1 Å². The molecule has 0 spiro atoms. The van der Waals surface area contributed by atoms with E-state index in [9.17, 15) is 13.2 Å². The first-order valence-electron chi connectivity index (χ1n) is 13.8. The Morgan fingerprint density at radius 1 is 1.18 bits per heavy atom. The van der Waals surface area contributed by atoms with Gasteiger partial charge >= 0.3 is 0 Å². The number of carbonyl (C=O) groups excluding carboxylic acids is 1. The predicted molar refractivity (Wildman–Crippen MR) is 170 cm³/mol. The molecular weight excluding hydrogens is 608 g/mol. The minimum atomic E-state index is -3.56. The molecule has 1 saturated heterocycles. The second kappa shape index (κ2) is 14.1. The fraction of sp³-hybridized carbons (Fsp3) is 0.345. The Hall–Kier alpha value is -4.11. The highest BCUT2D eigenvalue weighted by molar-refractivity contribution is 7.92. The van der Waals surface area contributed by atoms with Crippen LogP contribution in [0.5, 0.6) is 0 Å². The average Bonchev–Trinajstić information content (AvgIpc) is 3.43. The lowest BCUT2D eigenvalue weighted by molar-refractivity contribution is -0.122. The number of amides is 1. The zero-order chi connectivity index (χ0) is 32.0. The Morgan fingerprint density at radius 3 is 2.59 bits per heavy atom. The SMILES string of the molecule is CC(C)N1CCN(Cc2cccc(C(=O)Nc3cc(-c4cnc(Cl)c(NS(C)(=O)=O)c4)cc4[nH]ncc34)n2)CC1C.O=CO. The lowest BCUT2D eigenvalue weighted by Gasteiger charge is -2.42. The van der Waals surface area contributed by atoms with Crippen molar-refractivity contribution in [2.24, 2.45) is 0 Å². The van der Waals surface area contributed by atoms with Gasteiger partial charge < -0.3 is 10.4 Å². The number of anilines is 2. The molecule has 0 aliphatic carbocycles.